The third kappa shape index (κ3) is 2.60. The third-order valence-electron chi connectivity index (χ3n) is 2.79. The number of carbonyl (C=O) groups is 1. The molecule has 18 heavy (non-hydrogen) atoms. The lowest BCUT2D eigenvalue weighted by Crippen LogP contribution is -2.30. The molecule has 0 bridgehead atoms. The van der Waals surface area contributed by atoms with Crippen molar-refractivity contribution in [1.29, 1.82) is 0 Å². The monoisotopic (exact) mass is 245 g/mol. The molecule has 0 aliphatic carbocycles. The molecule has 0 fully saturated rings. The van der Waals surface area contributed by atoms with Crippen LogP contribution in [0.5, 0.6) is 0 Å². The molecule has 2 rings (SSSR count). The molecule has 94 valence electrons. The number of furan rings is 1. The van der Waals surface area contributed by atoms with E-state index in [-0.39, 0.29) is 12.5 Å². The number of aliphatic hydroxyl groups is 1. The van der Waals surface area contributed by atoms with Crippen LogP contribution in [-0.4, -0.2) is 17.6 Å². The number of carbonyl (C=O) groups excluding carboxylic acids is 1. The second-order valence-corrected chi connectivity index (χ2v) is 4.01. The van der Waals surface area contributed by atoms with Crippen molar-refractivity contribution < 1.29 is 14.3 Å². The summed E-state index contributed by atoms with van der Waals surface area (Å²) in [6.45, 7) is 1.58. The van der Waals surface area contributed by atoms with E-state index in [1.54, 1.807) is 13.0 Å². The number of nitrogens with one attached hydrogen (secondary N) is 1. The predicted molar refractivity (Wildman–Crippen MR) is 67.2 cm³/mol. The van der Waals surface area contributed by atoms with Crippen LogP contribution in [0.3, 0.4) is 0 Å². The van der Waals surface area contributed by atoms with Crippen LogP contribution in [0.2, 0.25) is 0 Å². The molecule has 4 heteroatoms. The molecule has 1 aromatic heterocycles. The first-order valence-corrected chi connectivity index (χ1v) is 5.73. The fourth-order valence-corrected chi connectivity index (χ4v) is 1.78. The molecule has 2 aromatic rings. The fourth-order valence-electron chi connectivity index (χ4n) is 1.78. The molecule has 4 nitrogen and oxygen atoms in total. The predicted octanol–water partition coefficient (Wildman–Crippen LogP) is 2.05. The Morgan fingerprint density at radius 1 is 1.33 bits per heavy atom. The lowest BCUT2D eigenvalue weighted by molar-refractivity contribution is 0.0914. The Kier molecular flexibility index (Phi) is 3.79. The Hall–Kier alpha value is -2.07. The summed E-state index contributed by atoms with van der Waals surface area (Å²) < 4.78 is 5.08. The van der Waals surface area contributed by atoms with Gasteiger partial charge in [0, 0.05) is 0 Å². The number of amides is 1. The molecule has 1 heterocycles. The van der Waals surface area contributed by atoms with E-state index in [4.69, 9.17) is 4.42 Å². The molecular formula is C14H15NO3. The first-order chi connectivity index (χ1) is 8.72. The molecule has 0 saturated carbocycles. The molecule has 0 aliphatic heterocycles. The van der Waals surface area contributed by atoms with Crippen molar-refractivity contribution >= 4 is 5.91 Å². The van der Waals surface area contributed by atoms with E-state index < -0.39 is 6.04 Å². The van der Waals surface area contributed by atoms with Gasteiger partial charge in [0.05, 0.1) is 24.5 Å². The fraction of sp³-hybridized carbons (Fsp3) is 0.214. The first kappa shape index (κ1) is 12.4. The van der Waals surface area contributed by atoms with Gasteiger partial charge in [0.15, 0.2) is 0 Å². The normalized spacial score (nSPS) is 12.1. The summed E-state index contributed by atoms with van der Waals surface area (Å²) in [6.07, 6.45) is 1.47. The molecular weight excluding hydrogens is 230 g/mol. The SMILES string of the molecule is Cc1occc1C(=O)NC(CO)c1ccccc1. The highest BCUT2D eigenvalue weighted by Gasteiger charge is 2.17. The summed E-state index contributed by atoms with van der Waals surface area (Å²) in [5, 5.41) is 12.1. The molecule has 0 radical (unpaired) electrons. The maximum absolute atomic E-state index is 12.0. The maximum Gasteiger partial charge on any atom is 0.255 e. The highest BCUT2D eigenvalue weighted by Crippen LogP contribution is 2.14. The zero-order chi connectivity index (χ0) is 13.0. The summed E-state index contributed by atoms with van der Waals surface area (Å²) in [4.78, 5) is 12.0. The molecule has 1 amide bonds. The minimum absolute atomic E-state index is 0.146. The smallest absolute Gasteiger partial charge is 0.255 e. The quantitative estimate of drug-likeness (QED) is 0.866. The van der Waals surface area contributed by atoms with Crippen LogP contribution in [0.15, 0.2) is 47.1 Å². The summed E-state index contributed by atoms with van der Waals surface area (Å²) in [7, 11) is 0. The number of aliphatic hydroxyl groups excluding tert-OH is 1. The number of benzene rings is 1. The lowest BCUT2D eigenvalue weighted by Gasteiger charge is -2.16. The van der Waals surface area contributed by atoms with Crippen LogP contribution in [0, 0.1) is 6.92 Å². The first-order valence-electron chi connectivity index (χ1n) is 5.73. The zero-order valence-corrected chi connectivity index (χ0v) is 10.1. The molecule has 1 atom stereocenters. The van der Waals surface area contributed by atoms with Gasteiger partial charge in [0.2, 0.25) is 0 Å². The van der Waals surface area contributed by atoms with Gasteiger partial charge in [-0.2, -0.15) is 0 Å². The van der Waals surface area contributed by atoms with Crippen LogP contribution in [0.25, 0.3) is 0 Å². The summed E-state index contributed by atoms with van der Waals surface area (Å²) in [6, 6.07) is 10.6. The Morgan fingerprint density at radius 2 is 2.06 bits per heavy atom. The topological polar surface area (TPSA) is 62.5 Å². The van der Waals surface area contributed by atoms with E-state index in [0.29, 0.717) is 11.3 Å². The van der Waals surface area contributed by atoms with E-state index in [1.165, 1.54) is 6.26 Å². The molecule has 0 aliphatic rings. The maximum atomic E-state index is 12.0. The van der Waals surface area contributed by atoms with Gasteiger partial charge < -0.3 is 14.8 Å². The van der Waals surface area contributed by atoms with E-state index >= 15 is 0 Å². The average molecular weight is 245 g/mol. The highest BCUT2D eigenvalue weighted by atomic mass is 16.3. The third-order valence-corrected chi connectivity index (χ3v) is 2.79. The molecule has 1 aromatic carbocycles. The average Bonchev–Trinajstić information content (AvgIpc) is 2.83. The van der Waals surface area contributed by atoms with Gasteiger partial charge in [0.1, 0.15) is 5.76 Å². The summed E-state index contributed by atoms with van der Waals surface area (Å²) in [5.74, 6) is 0.321. The molecule has 0 saturated heterocycles. The summed E-state index contributed by atoms with van der Waals surface area (Å²) >= 11 is 0. The second kappa shape index (κ2) is 5.51. The minimum Gasteiger partial charge on any atom is -0.469 e. The lowest BCUT2D eigenvalue weighted by atomic mass is 10.1. The van der Waals surface area contributed by atoms with Gasteiger partial charge >= 0.3 is 0 Å². The van der Waals surface area contributed by atoms with Crippen molar-refractivity contribution in [2.45, 2.75) is 13.0 Å². The van der Waals surface area contributed by atoms with Crippen molar-refractivity contribution in [3.05, 3.63) is 59.5 Å². The Labute approximate surface area is 105 Å². The van der Waals surface area contributed by atoms with Crippen molar-refractivity contribution in [3.8, 4) is 0 Å². The Morgan fingerprint density at radius 3 is 2.61 bits per heavy atom. The van der Waals surface area contributed by atoms with Crippen LogP contribution in [-0.2, 0) is 0 Å². The standard InChI is InChI=1S/C14H15NO3/c1-10-12(7-8-18-10)14(17)15-13(9-16)11-5-3-2-4-6-11/h2-8,13,16H,9H2,1H3,(H,15,17). The van der Waals surface area contributed by atoms with Crippen LogP contribution >= 0.6 is 0 Å². The van der Waals surface area contributed by atoms with Crippen molar-refractivity contribution in [2.24, 2.45) is 0 Å². The second-order valence-electron chi connectivity index (χ2n) is 4.01. The van der Waals surface area contributed by atoms with Gasteiger partial charge in [-0.1, -0.05) is 30.3 Å². The van der Waals surface area contributed by atoms with Crippen molar-refractivity contribution in [1.82, 2.24) is 5.32 Å². The largest absolute Gasteiger partial charge is 0.469 e. The number of rotatable bonds is 4. The van der Waals surface area contributed by atoms with Gasteiger partial charge in [-0.25, -0.2) is 0 Å². The van der Waals surface area contributed by atoms with E-state index in [0.717, 1.165) is 5.56 Å². The van der Waals surface area contributed by atoms with Crippen molar-refractivity contribution in [2.75, 3.05) is 6.61 Å². The van der Waals surface area contributed by atoms with Gasteiger partial charge in [-0.05, 0) is 18.6 Å². The zero-order valence-electron chi connectivity index (χ0n) is 10.1. The van der Waals surface area contributed by atoms with Gasteiger partial charge in [0.25, 0.3) is 5.91 Å². The van der Waals surface area contributed by atoms with Crippen LogP contribution in [0.1, 0.15) is 27.7 Å². The van der Waals surface area contributed by atoms with Crippen LogP contribution in [0.4, 0.5) is 0 Å². The van der Waals surface area contributed by atoms with Crippen molar-refractivity contribution in [3.63, 3.8) is 0 Å². The van der Waals surface area contributed by atoms with Gasteiger partial charge in [-0.15, -0.1) is 0 Å². The van der Waals surface area contributed by atoms with E-state index in [2.05, 4.69) is 5.32 Å². The Balaban J connectivity index is 2.13. The van der Waals surface area contributed by atoms with Gasteiger partial charge in [-0.3, -0.25) is 4.79 Å². The summed E-state index contributed by atoms with van der Waals surface area (Å²) in [5.41, 5.74) is 1.36. The van der Waals surface area contributed by atoms with E-state index in [9.17, 15) is 9.90 Å². The Bertz CT molecular complexity index is 519. The number of hydrogen-bond acceptors (Lipinski definition) is 3. The highest BCUT2D eigenvalue weighted by molar-refractivity contribution is 5.95. The number of hydrogen-bond donors (Lipinski definition) is 2. The van der Waals surface area contributed by atoms with Crippen LogP contribution < -0.4 is 5.32 Å². The van der Waals surface area contributed by atoms with E-state index in [1.807, 2.05) is 30.3 Å². The molecule has 2 N–H and O–H groups in total. The minimum atomic E-state index is -0.409. The number of aryl methyl sites for hydroxylation is 1. The molecule has 1 unspecified atom stereocenters. The molecule has 0 spiro atoms.